The topological polar surface area (TPSA) is 103 Å². The Bertz CT molecular complexity index is 772. The Kier molecular flexibility index (Phi) is 5.67. The number of aromatic amines is 1. The Balaban J connectivity index is 1.69. The smallest absolute Gasteiger partial charge is 0.263 e. The average molecular weight is 376 g/mol. The molecule has 1 saturated heterocycles. The number of carbonyl (C=O) groups excluding carboxylic acids is 2. The highest BCUT2D eigenvalue weighted by Gasteiger charge is 2.37. The number of hydrogen-bond acceptors (Lipinski definition) is 6. The molecular weight excluding hydrogens is 352 g/mol. The predicted octanol–water partition coefficient (Wildman–Crippen LogP) is 0.992. The first-order valence-electron chi connectivity index (χ1n) is 8.72. The molecule has 0 bridgehead atoms. The van der Waals surface area contributed by atoms with Gasteiger partial charge in [-0.2, -0.15) is 0 Å². The summed E-state index contributed by atoms with van der Waals surface area (Å²) in [5, 5.41) is 6.82. The van der Waals surface area contributed by atoms with Crippen LogP contribution in [0.4, 0.5) is 0 Å². The van der Waals surface area contributed by atoms with Crippen LogP contribution in [-0.2, 0) is 11.3 Å². The van der Waals surface area contributed by atoms with E-state index in [4.69, 9.17) is 0 Å². The minimum absolute atomic E-state index is 0.0133. The molecule has 1 aliphatic rings. The first-order valence-corrected chi connectivity index (χ1v) is 9.54. The Morgan fingerprint density at radius 1 is 1.42 bits per heavy atom. The zero-order chi connectivity index (χ0) is 18.7. The number of likely N-dealkylation sites (tertiary alicyclic amines) is 1. The molecule has 3 N–H and O–H groups in total. The van der Waals surface area contributed by atoms with Crippen molar-refractivity contribution in [2.24, 2.45) is 0 Å². The quantitative estimate of drug-likeness (QED) is 0.698. The van der Waals surface area contributed by atoms with Gasteiger partial charge < -0.3 is 15.6 Å². The molecule has 2 aromatic rings. The van der Waals surface area contributed by atoms with Gasteiger partial charge in [0.05, 0.1) is 23.3 Å². The van der Waals surface area contributed by atoms with Gasteiger partial charge in [0, 0.05) is 31.5 Å². The van der Waals surface area contributed by atoms with Gasteiger partial charge in [-0.1, -0.05) is 0 Å². The van der Waals surface area contributed by atoms with Gasteiger partial charge >= 0.3 is 0 Å². The molecule has 2 atom stereocenters. The van der Waals surface area contributed by atoms with Crippen LogP contribution in [0.1, 0.15) is 39.5 Å². The van der Waals surface area contributed by atoms with Crippen LogP contribution in [-0.4, -0.2) is 56.8 Å². The molecule has 0 unspecified atom stereocenters. The van der Waals surface area contributed by atoms with Gasteiger partial charge in [-0.25, -0.2) is 9.97 Å². The van der Waals surface area contributed by atoms with Crippen LogP contribution >= 0.6 is 11.3 Å². The second kappa shape index (κ2) is 7.96. The van der Waals surface area contributed by atoms with Gasteiger partial charge in [0.25, 0.3) is 5.91 Å². The number of H-pyrrole nitrogens is 1. The number of thiazole rings is 1. The van der Waals surface area contributed by atoms with E-state index in [1.165, 1.54) is 11.3 Å². The summed E-state index contributed by atoms with van der Waals surface area (Å²) in [5.41, 5.74) is 0.746. The van der Waals surface area contributed by atoms with Crippen molar-refractivity contribution in [1.82, 2.24) is 30.5 Å². The van der Waals surface area contributed by atoms with Crippen molar-refractivity contribution in [2.45, 2.75) is 45.8 Å². The lowest BCUT2D eigenvalue weighted by atomic mass is 10.1. The Hall–Kier alpha value is -2.26. The van der Waals surface area contributed by atoms with Crippen molar-refractivity contribution in [2.75, 3.05) is 13.1 Å². The molecule has 1 aliphatic heterocycles. The number of likely N-dealkylation sites (N-methyl/N-ethyl adjacent to an activating group) is 1. The number of aryl methyl sites for hydroxylation is 2. The van der Waals surface area contributed by atoms with Gasteiger partial charge in [0.1, 0.15) is 10.7 Å². The molecule has 26 heavy (non-hydrogen) atoms. The molecular formula is C17H24N6O2S. The van der Waals surface area contributed by atoms with Gasteiger partial charge in [-0.15, -0.1) is 11.3 Å². The lowest BCUT2D eigenvalue weighted by molar-refractivity contribution is -0.125. The fourth-order valence-electron chi connectivity index (χ4n) is 3.32. The maximum absolute atomic E-state index is 12.6. The standard InChI is InChI=1S/C17H24N6O2S/c1-4-18-16(24)13-7-12(8-23(13)9-14-19-5-6-20-14)22-17(25)15-10(2)21-11(3)26-15/h5-6,12-13H,4,7-9H2,1-3H3,(H,18,24)(H,19,20)(H,22,25)/t12-,13-/m0/s1. The van der Waals surface area contributed by atoms with Crippen molar-refractivity contribution in [3.05, 3.63) is 33.8 Å². The fourth-order valence-corrected chi connectivity index (χ4v) is 4.14. The van der Waals surface area contributed by atoms with Crippen LogP contribution < -0.4 is 10.6 Å². The molecule has 0 spiro atoms. The highest BCUT2D eigenvalue weighted by molar-refractivity contribution is 7.13. The maximum Gasteiger partial charge on any atom is 0.263 e. The van der Waals surface area contributed by atoms with Crippen LogP contribution in [0, 0.1) is 13.8 Å². The van der Waals surface area contributed by atoms with Crippen LogP contribution in [0.3, 0.4) is 0 Å². The summed E-state index contributed by atoms with van der Waals surface area (Å²) in [4.78, 5) is 39.3. The van der Waals surface area contributed by atoms with Gasteiger partial charge in [-0.3, -0.25) is 14.5 Å². The number of amides is 2. The number of nitrogens with one attached hydrogen (secondary N) is 3. The first kappa shape index (κ1) is 18.5. The Labute approximate surface area is 156 Å². The summed E-state index contributed by atoms with van der Waals surface area (Å²) in [6.07, 6.45) is 4.04. The molecule has 0 aliphatic carbocycles. The maximum atomic E-state index is 12.6. The number of nitrogens with zero attached hydrogens (tertiary/aromatic N) is 3. The molecule has 0 radical (unpaired) electrons. The van der Waals surface area contributed by atoms with E-state index in [1.807, 2.05) is 20.8 Å². The van der Waals surface area contributed by atoms with E-state index in [1.54, 1.807) is 12.4 Å². The third-order valence-corrected chi connectivity index (χ3v) is 5.48. The summed E-state index contributed by atoms with van der Waals surface area (Å²) in [5.74, 6) is 0.674. The van der Waals surface area contributed by atoms with Crippen LogP contribution in [0.15, 0.2) is 12.4 Å². The van der Waals surface area contributed by atoms with Crippen LogP contribution in [0.2, 0.25) is 0 Å². The summed E-state index contributed by atoms with van der Waals surface area (Å²) in [6.45, 7) is 7.36. The highest BCUT2D eigenvalue weighted by Crippen LogP contribution is 2.22. The van der Waals surface area contributed by atoms with Gasteiger partial charge in [0.2, 0.25) is 5.91 Å². The molecule has 3 heterocycles. The van der Waals surface area contributed by atoms with E-state index in [2.05, 4.69) is 30.5 Å². The minimum Gasteiger partial charge on any atom is -0.355 e. The van der Waals surface area contributed by atoms with Crippen molar-refractivity contribution >= 4 is 23.2 Å². The summed E-state index contributed by atoms with van der Waals surface area (Å²) < 4.78 is 0. The minimum atomic E-state index is -0.283. The zero-order valence-electron chi connectivity index (χ0n) is 15.2. The van der Waals surface area contributed by atoms with E-state index >= 15 is 0 Å². The van der Waals surface area contributed by atoms with Crippen LogP contribution in [0.5, 0.6) is 0 Å². The second-order valence-electron chi connectivity index (χ2n) is 6.43. The molecule has 9 heteroatoms. The molecule has 1 fully saturated rings. The molecule has 2 aromatic heterocycles. The van der Waals surface area contributed by atoms with E-state index < -0.39 is 0 Å². The van der Waals surface area contributed by atoms with Crippen molar-refractivity contribution < 1.29 is 9.59 Å². The lowest BCUT2D eigenvalue weighted by Gasteiger charge is -2.22. The third-order valence-electron chi connectivity index (χ3n) is 4.41. The van der Waals surface area contributed by atoms with Crippen LogP contribution in [0.25, 0.3) is 0 Å². The van der Waals surface area contributed by atoms with E-state index in [0.717, 1.165) is 16.5 Å². The second-order valence-corrected chi connectivity index (χ2v) is 7.63. The van der Waals surface area contributed by atoms with E-state index in [0.29, 0.717) is 30.9 Å². The van der Waals surface area contributed by atoms with Crippen molar-refractivity contribution in [3.8, 4) is 0 Å². The molecule has 8 nitrogen and oxygen atoms in total. The van der Waals surface area contributed by atoms with E-state index in [9.17, 15) is 9.59 Å². The van der Waals surface area contributed by atoms with Gasteiger partial charge in [0.15, 0.2) is 0 Å². The van der Waals surface area contributed by atoms with Gasteiger partial charge in [-0.05, 0) is 27.2 Å². The zero-order valence-corrected chi connectivity index (χ0v) is 16.0. The predicted molar refractivity (Wildman–Crippen MR) is 98.9 cm³/mol. The number of imidazole rings is 1. The monoisotopic (exact) mass is 376 g/mol. The number of aromatic nitrogens is 3. The first-order chi connectivity index (χ1) is 12.5. The summed E-state index contributed by atoms with van der Waals surface area (Å²) in [7, 11) is 0. The normalized spacial score (nSPS) is 20.3. The fraction of sp³-hybridized carbons (Fsp3) is 0.529. The van der Waals surface area contributed by atoms with Crippen molar-refractivity contribution in [1.29, 1.82) is 0 Å². The number of rotatable bonds is 6. The average Bonchev–Trinajstić information content (AvgIpc) is 3.29. The van der Waals surface area contributed by atoms with E-state index in [-0.39, 0.29) is 23.9 Å². The third kappa shape index (κ3) is 4.10. The SMILES string of the molecule is CCNC(=O)[C@@H]1C[C@H](NC(=O)c2sc(C)nc2C)CN1Cc1ncc[nH]1. The Morgan fingerprint density at radius 2 is 2.23 bits per heavy atom. The summed E-state index contributed by atoms with van der Waals surface area (Å²) in [6, 6.07) is -0.374. The number of carbonyl (C=O) groups is 2. The highest BCUT2D eigenvalue weighted by atomic mass is 32.1. The number of hydrogen-bond donors (Lipinski definition) is 3. The Morgan fingerprint density at radius 3 is 2.85 bits per heavy atom. The summed E-state index contributed by atoms with van der Waals surface area (Å²) >= 11 is 1.39. The lowest BCUT2D eigenvalue weighted by Crippen LogP contribution is -2.42. The largest absolute Gasteiger partial charge is 0.355 e. The molecule has 140 valence electrons. The molecule has 0 saturated carbocycles. The molecule has 0 aromatic carbocycles. The van der Waals surface area contributed by atoms with Crippen molar-refractivity contribution in [3.63, 3.8) is 0 Å². The molecule has 3 rings (SSSR count). The molecule has 2 amide bonds.